The quantitative estimate of drug-likeness (QED) is 0.859. The van der Waals surface area contributed by atoms with E-state index in [-0.39, 0.29) is 5.91 Å². The average molecular weight is 319 g/mol. The Morgan fingerprint density at radius 1 is 1.18 bits per heavy atom. The molecule has 0 fully saturated rings. The van der Waals surface area contributed by atoms with Gasteiger partial charge in [-0.15, -0.1) is 0 Å². The van der Waals surface area contributed by atoms with Gasteiger partial charge in [-0.2, -0.15) is 0 Å². The number of hydrogen-bond acceptors (Lipinski definition) is 4. The van der Waals surface area contributed by atoms with Crippen molar-refractivity contribution >= 4 is 28.9 Å². The van der Waals surface area contributed by atoms with Crippen LogP contribution in [0.25, 0.3) is 0 Å². The first-order chi connectivity index (χ1) is 10.5. The molecule has 6 heteroatoms. The maximum absolute atomic E-state index is 12.2. The van der Waals surface area contributed by atoms with Gasteiger partial charge in [-0.05, 0) is 44.4 Å². The number of pyridine rings is 1. The predicted molar refractivity (Wildman–Crippen MR) is 90.7 cm³/mol. The Morgan fingerprint density at radius 3 is 2.59 bits per heavy atom. The molecule has 0 unspecified atom stereocenters. The van der Waals surface area contributed by atoms with Gasteiger partial charge >= 0.3 is 0 Å². The number of aromatic nitrogens is 1. The Hall–Kier alpha value is -2.11. The lowest BCUT2D eigenvalue weighted by atomic mass is 10.2. The van der Waals surface area contributed by atoms with E-state index in [1.807, 2.05) is 14.1 Å². The molecule has 0 saturated heterocycles. The maximum Gasteiger partial charge on any atom is 0.257 e. The molecule has 2 aromatic rings. The van der Waals surface area contributed by atoms with Crippen LogP contribution in [-0.4, -0.2) is 43.0 Å². The minimum Gasteiger partial charge on any atom is -0.382 e. The fourth-order valence-electron chi connectivity index (χ4n) is 1.82. The van der Waals surface area contributed by atoms with Crippen molar-refractivity contribution in [1.82, 2.24) is 9.88 Å². The summed E-state index contributed by atoms with van der Waals surface area (Å²) in [5, 5.41) is 6.69. The molecule has 116 valence electrons. The third-order valence-electron chi connectivity index (χ3n) is 2.99. The zero-order chi connectivity index (χ0) is 15.9. The van der Waals surface area contributed by atoms with Crippen molar-refractivity contribution in [1.29, 1.82) is 0 Å². The van der Waals surface area contributed by atoms with Crippen LogP contribution >= 0.6 is 11.6 Å². The number of benzene rings is 1. The van der Waals surface area contributed by atoms with Crippen LogP contribution in [0.15, 0.2) is 42.7 Å². The van der Waals surface area contributed by atoms with Crippen molar-refractivity contribution in [3.8, 4) is 0 Å². The summed E-state index contributed by atoms with van der Waals surface area (Å²) in [6, 6.07) is 8.76. The van der Waals surface area contributed by atoms with Crippen molar-refractivity contribution in [2.24, 2.45) is 0 Å². The molecule has 1 amide bonds. The molecule has 0 bridgehead atoms. The van der Waals surface area contributed by atoms with E-state index >= 15 is 0 Å². The van der Waals surface area contributed by atoms with Crippen LogP contribution in [0.1, 0.15) is 10.4 Å². The SMILES string of the molecule is CN(C)CCNc1cncc(C(=O)Nc2ccc(Cl)cc2)c1. The van der Waals surface area contributed by atoms with E-state index in [2.05, 4.69) is 20.5 Å². The molecule has 2 rings (SSSR count). The maximum atomic E-state index is 12.2. The second kappa shape index (κ2) is 7.77. The number of nitrogens with one attached hydrogen (secondary N) is 2. The molecular weight excluding hydrogens is 300 g/mol. The number of rotatable bonds is 6. The summed E-state index contributed by atoms with van der Waals surface area (Å²) in [7, 11) is 4.02. The van der Waals surface area contributed by atoms with E-state index < -0.39 is 0 Å². The molecule has 0 radical (unpaired) electrons. The number of nitrogens with zero attached hydrogens (tertiary/aromatic N) is 2. The van der Waals surface area contributed by atoms with Gasteiger partial charge in [-0.3, -0.25) is 9.78 Å². The topological polar surface area (TPSA) is 57.3 Å². The number of hydrogen-bond donors (Lipinski definition) is 2. The Balaban J connectivity index is 1.99. The summed E-state index contributed by atoms with van der Waals surface area (Å²) < 4.78 is 0. The second-order valence-corrected chi connectivity index (χ2v) is 5.59. The van der Waals surface area contributed by atoms with E-state index in [4.69, 9.17) is 11.6 Å². The summed E-state index contributed by atoms with van der Waals surface area (Å²) in [4.78, 5) is 18.4. The van der Waals surface area contributed by atoms with Gasteiger partial charge in [0, 0.05) is 36.2 Å². The zero-order valence-electron chi connectivity index (χ0n) is 12.6. The van der Waals surface area contributed by atoms with Crippen molar-refractivity contribution in [2.45, 2.75) is 0 Å². The van der Waals surface area contributed by atoms with Gasteiger partial charge in [0.05, 0.1) is 11.3 Å². The van der Waals surface area contributed by atoms with Gasteiger partial charge in [0.2, 0.25) is 0 Å². The molecule has 0 aliphatic rings. The van der Waals surface area contributed by atoms with Gasteiger partial charge < -0.3 is 15.5 Å². The summed E-state index contributed by atoms with van der Waals surface area (Å²) in [6.45, 7) is 1.69. The molecule has 0 atom stereocenters. The van der Waals surface area contributed by atoms with Crippen LogP contribution < -0.4 is 10.6 Å². The van der Waals surface area contributed by atoms with Crippen LogP contribution in [0, 0.1) is 0 Å². The summed E-state index contributed by atoms with van der Waals surface area (Å²) in [5.41, 5.74) is 2.02. The fraction of sp³-hybridized carbons (Fsp3) is 0.250. The lowest BCUT2D eigenvalue weighted by Crippen LogP contribution is -2.21. The highest BCUT2D eigenvalue weighted by molar-refractivity contribution is 6.30. The van der Waals surface area contributed by atoms with Crippen LogP contribution in [0.5, 0.6) is 0 Å². The Labute approximate surface area is 135 Å². The third kappa shape index (κ3) is 5.02. The van der Waals surface area contributed by atoms with E-state index in [9.17, 15) is 4.79 Å². The molecule has 1 aromatic carbocycles. The Morgan fingerprint density at radius 2 is 1.91 bits per heavy atom. The van der Waals surface area contributed by atoms with E-state index in [1.165, 1.54) is 0 Å². The number of halogens is 1. The number of carbonyl (C=O) groups excluding carboxylic acids is 1. The summed E-state index contributed by atoms with van der Waals surface area (Å²) in [5.74, 6) is -0.203. The van der Waals surface area contributed by atoms with Crippen molar-refractivity contribution in [2.75, 3.05) is 37.8 Å². The molecule has 1 heterocycles. The first-order valence-corrected chi connectivity index (χ1v) is 7.33. The number of anilines is 2. The number of carbonyl (C=O) groups is 1. The first kappa shape index (κ1) is 16.3. The molecule has 2 N–H and O–H groups in total. The van der Waals surface area contributed by atoms with Gasteiger partial charge in [0.15, 0.2) is 0 Å². The molecule has 0 saturated carbocycles. The van der Waals surface area contributed by atoms with Gasteiger partial charge in [-0.1, -0.05) is 11.6 Å². The minimum atomic E-state index is -0.203. The molecule has 0 aliphatic carbocycles. The lowest BCUT2D eigenvalue weighted by molar-refractivity contribution is 0.102. The van der Waals surface area contributed by atoms with Gasteiger partial charge in [0.1, 0.15) is 0 Å². The van der Waals surface area contributed by atoms with Gasteiger partial charge in [0.25, 0.3) is 5.91 Å². The molecule has 0 spiro atoms. The monoisotopic (exact) mass is 318 g/mol. The van der Waals surface area contributed by atoms with E-state index in [0.29, 0.717) is 16.3 Å². The Kier molecular flexibility index (Phi) is 5.75. The first-order valence-electron chi connectivity index (χ1n) is 6.95. The molecule has 5 nitrogen and oxygen atoms in total. The van der Waals surface area contributed by atoms with Crippen LogP contribution in [0.4, 0.5) is 11.4 Å². The standard InChI is InChI=1S/C16H19ClN4O/c1-21(2)8-7-19-15-9-12(10-18-11-15)16(22)20-14-5-3-13(17)4-6-14/h3-6,9-11,19H,7-8H2,1-2H3,(H,20,22). The molecule has 22 heavy (non-hydrogen) atoms. The van der Waals surface area contributed by atoms with Crippen LogP contribution in [0.2, 0.25) is 5.02 Å². The highest BCUT2D eigenvalue weighted by Crippen LogP contribution is 2.15. The minimum absolute atomic E-state index is 0.203. The predicted octanol–water partition coefficient (Wildman–Crippen LogP) is 2.96. The summed E-state index contributed by atoms with van der Waals surface area (Å²) in [6.07, 6.45) is 3.25. The second-order valence-electron chi connectivity index (χ2n) is 5.15. The van der Waals surface area contributed by atoms with Crippen LogP contribution in [0.3, 0.4) is 0 Å². The largest absolute Gasteiger partial charge is 0.382 e. The highest BCUT2D eigenvalue weighted by atomic mass is 35.5. The molecule has 1 aromatic heterocycles. The normalized spacial score (nSPS) is 10.5. The van der Waals surface area contributed by atoms with Gasteiger partial charge in [-0.25, -0.2) is 0 Å². The Bertz CT molecular complexity index is 628. The fourth-order valence-corrected chi connectivity index (χ4v) is 1.95. The lowest BCUT2D eigenvalue weighted by Gasteiger charge is -2.12. The number of likely N-dealkylation sites (N-methyl/N-ethyl adjacent to an activating group) is 1. The van der Waals surface area contributed by atoms with E-state index in [0.717, 1.165) is 18.8 Å². The van der Waals surface area contributed by atoms with Crippen molar-refractivity contribution in [3.05, 3.63) is 53.3 Å². The molecular formula is C16H19ClN4O. The van der Waals surface area contributed by atoms with Crippen LogP contribution in [-0.2, 0) is 0 Å². The molecule has 0 aliphatic heterocycles. The third-order valence-corrected chi connectivity index (χ3v) is 3.24. The average Bonchev–Trinajstić information content (AvgIpc) is 2.49. The zero-order valence-corrected chi connectivity index (χ0v) is 13.4. The van der Waals surface area contributed by atoms with E-state index in [1.54, 1.807) is 42.7 Å². The van der Waals surface area contributed by atoms with Crippen molar-refractivity contribution in [3.63, 3.8) is 0 Å². The summed E-state index contributed by atoms with van der Waals surface area (Å²) >= 11 is 5.82. The smallest absolute Gasteiger partial charge is 0.257 e. The number of amides is 1. The van der Waals surface area contributed by atoms with Crippen molar-refractivity contribution < 1.29 is 4.79 Å². The highest BCUT2D eigenvalue weighted by Gasteiger charge is 2.07.